The Morgan fingerprint density at radius 2 is 0.852 bits per heavy atom. The fraction of sp³-hybridized carbons (Fsp3) is 0. The Labute approximate surface area is 166 Å². The number of carbonyl (C=O) groups excluding carboxylic acids is 2. The van der Waals surface area contributed by atoms with Gasteiger partial charge in [0.15, 0.2) is 0 Å². The third kappa shape index (κ3) is 4.94. The van der Waals surface area contributed by atoms with E-state index in [1.165, 1.54) is 0 Å². The van der Waals surface area contributed by atoms with Gasteiger partial charge in [-0.15, -0.1) is 0 Å². The van der Waals surface area contributed by atoms with Crippen molar-refractivity contribution in [3.8, 4) is 0 Å². The molecular weight excluding hydrogens is 384 g/mol. The number of aromatic carboxylic acids is 2. The molecule has 4 rings (SSSR count). The zero-order valence-corrected chi connectivity index (χ0v) is 15.2. The van der Waals surface area contributed by atoms with Crippen molar-refractivity contribution < 1.29 is 36.9 Å². The van der Waals surface area contributed by atoms with Gasteiger partial charge in [0, 0.05) is 0 Å². The van der Waals surface area contributed by atoms with Gasteiger partial charge in [-0.2, -0.15) is 0 Å². The molecule has 134 valence electrons. The molecule has 27 heavy (non-hydrogen) atoms. The van der Waals surface area contributed by atoms with E-state index in [1.54, 1.807) is 36.4 Å². The van der Waals surface area contributed by atoms with Gasteiger partial charge in [0.05, 0.1) is 11.9 Å². The van der Waals surface area contributed by atoms with Crippen LogP contribution in [0.15, 0.2) is 84.9 Å². The molecule has 4 nitrogen and oxygen atoms in total. The van der Waals surface area contributed by atoms with E-state index in [2.05, 4.69) is 0 Å². The third-order valence-corrected chi connectivity index (χ3v) is 3.97. The number of fused-ring (bicyclic) bond motifs is 2. The topological polar surface area (TPSA) is 80.3 Å². The summed E-state index contributed by atoms with van der Waals surface area (Å²) in [5, 5.41) is 25.0. The van der Waals surface area contributed by atoms with E-state index in [-0.39, 0.29) is 28.2 Å². The van der Waals surface area contributed by atoms with Crippen LogP contribution in [-0.4, -0.2) is 11.9 Å². The van der Waals surface area contributed by atoms with Gasteiger partial charge < -0.3 is 19.8 Å². The van der Waals surface area contributed by atoms with Crippen molar-refractivity contribution in [3.05, 3.63) is 96.1 Å². The monoisotopic (exact) mass is 398 g/mol. The number of carboxylic acids is 2. The van der Waals surface area contributed by atoms with Crippen LogP contribution >= 0.6 is 0 Å². The van der Waals surface area contributed by atoms with Crippen LogP contribution in [0.2, 0.25) is 0 Å². The van der Waals surface area contributed by atoms with Gasteiger partial charge in [0.2, 0.25) is 0 Å². The zero-order chi connectivity index (χ0) is 18.5. The molecule has 0 bridgehead atoms. The van der Waals surface area contributed by atoms with Crippen molar-refractivity contribution in [2.45, 2.75) is 0 Å². The summed E-state index contributed by atoms with van der Waals surface area (Å²) in [6, 6.07) is 25.1. The van der Waals surface area contributed by atoms with E-state index in [1.807, 2.05) is 48.5 Å². The maximum absolute atomic E-state index is 10.5. The second kappa shape index (κ2) is 8.99. The maximum Gasteiger partial charge on any atom is 2.00 e. The van der Waals surface area contributed by atoms with E-state index in [0.29, 0.717) is 0 Å². The molecule has 0 fully saturated rings. The number of rotatable bonds is 2. The Bertz CT molecular complexity index is 1020. The molecular formula is C22H14FeO4. The molecule has 0 saturated carbocycles. The minimum absolute atomic E-state index is 0. The fourth-order valence-corrected chi connectivity index (χ4v) is 2.63. The summed E-state index contributed by atoms with van der Waals surface area (Å²) in [6.45, 7) is 0. The van der Waals surface area contributed by atoms with Gasteiger partial charge in [-0.05, 0) is 44.8 Å². The Hall–Kier alpha value is -3.14. The quantitative estimate of drug-likeness (QED) is 0.486. The fourth-order valence-electron chi connectivity index (χ4n) is 2.63. The molecule has 4 aromatic carbocycles. The summed E-state index contributed by atoms with van der Waals surface area (Å²) in [6.07, 6.45) is 0. The van der Waals surface area contributed by atoms with Crippen molar-refractivity contribution in [2.75, 3.05) is 0 Å². The summed E-state index contributed by atoms with van der Waals surface area (Å²) in [5.74, 6) is -2.27. The molecule has 4 aromatic rings. The van der Waals surface area contributed by atoms with E-state index in [4.69, 9.17) is 0 Å². The second-order valence-corrected chi connectivity index (χ2v) is 5.70. The first kappa shape index (κ1) is 20.2. The van der Waals surface area contributed by atoms with Gasteiger partial charge in [0.25, 0.3) is 0 Å². The normalized spacial score (nSPS) is 9.78. The number of carboxylic acid groups (broad SMARTS) is 2. The van der Waals surface area contributed by atoms with Crippen LogP contribution in [-0.2, 0) is 17.1 Å². The van der Waals surface area contributed by atoms with Crippen LogP contribution in [0.4, 0.5) is 0 Å². The van der Waals surface area contributed by atoms with Crippen LogP contribution in [0, 0.1) is 0 Å². The molecule has 0 heterocycles. The summed E-state index contributed by atoms with van der Waals surface area (Å²) < 4.78 is 0. The van der Waals surface area contributed by atoms with Crippen molar-refractivity contribution in [2.24, 2.45) is 0 Å². The molecule has 0 saturated heterocycles. The SMILES string of the molecule is O=C([O-])c1ccc2ccccc2c1.O=C([O-])c1ccc2ccccc2c1.[Fe+2]. The van der Waals surface area contributed by atoms with E-state index >= 15 is 0 Å². The molecule has 0 radical (unpaired) electrons. The Morgan fingerprint density at radius 1 is 0.519 bits per heavy atom. The number of hydrogen-bond donors (Lipinski definition) is 0. The zero-order valence-electron chi connectivity index (χ0n) is 14.1. The number of carbonyl (C=O) groups is 2. The Balaban J connectivity index is 0.000000187. The smallest absolute Gasteiger partial charge is 0.545 e. The van der Waals surface area contributed by atoms with Crippen molar-refractivity contribution in [1.82, 2.24) is 0 Å². The second-order valence-electron chi connectivity index (χ2n) is 5.70. The van der Waals surface area contributed by atoms with E-state index in [9.17, 15) is 19.8 Å². The standard InChI is InChI=1S/2C11H8O2.Fe/c2*12-11(13)10-6-5-8-3-1-2-4-9(8)7-10;/h2*1-7H,(H,12,13);/q;;+2/p-2. The molecule has 0 atom stereocenters. The van der Waals surface area contributed by atoms with E-state index < -0.39 is 11.9 Å². The average Bonchev–Trinajstić information content (AvgIpc) is 2.67. The average molecular weight is 398 g/mol. The summed E-state index contributed by atoms with van der Waals surface area (Å²) >= 11 is 0. The first-order valence-electron chi connectivity index (χ1n) is 7.95. The molecule has 0 aromatic heterocycles. The molecule has 0 spiro atoms. The Kier molecular flexibility index (Phi) is 6.72. The first-order chi connectivity index (χ1) is 12.5. The van der Waals surface area contributed by atoms with Gasteiger partial charge in [-0.25, -0.2) is 0 Å². The molecule has 0 aliphatic heterocycles. The molecule has 0 aliphatic carbocycles. The molecule has 5 heteroatoms. The largest absolute Gasteiger partial charge is 2.00 e. The van der Waals surface area contributed by atoms with Crippen LogP contribution in [0.25, 0.3) is 21.5 Å². The van der Waals surface area contributed by atoms with Crippen LogP contribution in [0.1, 0.15) is 20.7 Å². The number of hydrogen-bond acceptors (Lipinski definition) is 4. The minimum atomic E-state index is -1.13. The van der Waals surface area contributed by atoms with Crippen molar-refractivity contribution in [3.63, 3.8) is 0 Å². The van der Waals surface area contributed by atoms with Gasteiger partial charge in [-0.3, -0.25) is 0 Å². The molecule has 0 unspecified atom stereocenters. The summed E-state index contributed by atoms with van der Waals surface area (Å²) in [4.78, 5) is 21.1. The number of benzene rings is 4. The van der Waals surface area contributed by atoms with Crippen LogP contribution in [0.3, 0.4) is 0 Å². The Morgan fingerprint density at radius 3 is 1.19 bits per heavy atom. The molecule has 0 amide bonds. The third-order valence-electron chi connectivity index (χ3n) is 3.97. The van der Waals surface area contributed by atoms with Gasteiger partial charge in [-0.1, -0.05) is 72.8 Å². The van der Waals surface area contributed by atoms with E-state index in [0.717, 1.165) is 21.5 Å². The predicted octanol–water partition coefficient (Wildman–Crippen LogP) is 2.40. The van der Waals surface area contributed by atoms with Crippen LogP contribution < -0.4 is 10.2 Å². The summed E-state index contributed by atoms with van der Waals surface area (Å²) in [7, 11) is 0. The van der Waals surface area contributed by atoms with Gasteiger partial charge in [0.1, 0.15) is 0 Å². The summed E-state index contributed by atoms with van der Waals surface area (Å²) in [5.41, 5.74) is 0.442. The maximum atomic E-state index is 10.5. The van der Waals surface area contributed by atoms with Crippen molar-refractivity contribution in [1.29, 1.82) is 0 Å². The van der Waals surface area contributed by atoms with Gasteiger partial charge >= 0.3 is 17.1 Å². The minimum Gasteiger partial charge on any atom is -0.545 e. The first-order valence-corrected chi connectivity index (χ1v) is 7.95. The molecule has 0 N–H and O–H groups in total. The van der Waals surface area contributed by atoms with Crippen molar-refractivity contribution >= 4 is 33.5 Å². The predicted molar refractivity (Wildman–Crippen MR) is 96.6 cm³/mol. The molecule has 0 aliphatic rings. The van der Waals surface area contributed by atoms with Crippen LogP contribution in [0.5, 0.6) is 0 Å².